The average Bonchev–Trinajstić information content (AvgIpc) is 2.85. The molecule has 0 fully saturated rings. The zero-order valence-corrected chi connectivity index (χ0v) is 15.0. The summed E-state index contributed by atoms with van der Waals surface area (Å²) in [4.78, 5) is 20.7. The Morgan fingerprint density at radius 3 is 2.32 bits per heavy atom. The molecule has 7 heteroatoms. The van der Waals surface area contributed by atoms with E-state index in [-0.39, 0.29) is 12.3 Å². The number of amides is 1. The fraction of sp³-hybridized carbons (Fsp3) is 0.222. The molecule has 0 saturated carbocycles. The Hall–Kier alpha value is -2.73. The van der Waals surface area contributed by atoms with E-state index in [9.17, 15) is 4.79 Å². The van der Waals surface area contributed by atoms with Crippen LogP contribution in [-0.2, 0) is 11.2 Å². The van der Waals surface area contributed by atoms with Crippen LogP contribution in [0.1, 0.15) is 22.5 Å². The third kappa shape index (κ3) is 3.85. The number of nitrogens with zero attached hydrogens (tertiary/aromatic N) is 4. The van der Waals surface area contributed by atoms with Crippen molar-refractivity contribution in [1.82, 2.24) is 19.7 Å². The van der Waals surface area contributed by atoms with E-state index in [4.69, 9.17) is 11.6 Å². The van der Waals surface area contributed by atoms with E-state index in [0.717, 1.165) is 22.5 Å². The Kier molecular flexibility index (Phi) is 4.81. The highest BCUT2D eigenvalue weighted by Crippen LogP contribution is 2.15. The van der Waals surface area contributed by atoms with E-state index in [2.05, 4.69) is 20.4 Å². The fourth-order valence-corrected chi connectivity index (χ4v) is 2.53. The number of halogens is 1. The lowest BCUT2D eigenvalue weighted by Gasteiger charge is -2.06. The molecule has 0 saturated heterocycles. The quantitative estimate of drug-likeness (QED) is 0.778. The van der Waals surface area contributed by atoms with E-state index in [0.29, 0.717) is 16.7 Å². The number of rotatable bonds is 4. The summed E-state index contributed by atoms with van der Waals surface area (Å²) in [6.45, 7) is 5.93. The zero-order chi connectivity index (χ0) is 18.0. The van der Waals surface area contributed by atoms with Crippen LogP contribution in [0.4, 0.5) is 5.69 Å². The van der Waals surface area contributed by atoms with Gasteiger partial charge >= 0.3 is 0 Å². The zero-order valence-electron chi connectivity index (χ0n) is 14.2. The Morgan fingerprint density at radius 2 is 1.76 bits per heavy atom. The predicted octanol–water partition coefficient (Wildman–Crippen LogP) is 3.42. The Bertz CT molecular complexity index is 900. The summed E-state index contributed by atoms with van der Waals surface area (Å²) in [5.74, 6) is 0.338. The first kappa shape index (κ1) is 17.1. The molecule has 0 aliphatic carbocycles. The lowest BCUT2D eigenvalue weighted by Crippen LogP contribution is -2.15. The largest absolute Gasteiger partial charge is 0.323 e. The first-order chi connectivity index (χ1) is 11.9. The van der Waals surface area contributed by atoms with Crippen LogP contribution >= 0.6 is 11.6 Å². The predicted molar refractivity (Wildman–Crippen MR) is 97.2 cm³/mol. The Balaban J connectivity index is 1.69. The second-order valence-corrected chi connectivity index (χ2v) is 6.27. The van der Waals surface area contributed by atoms with Crippen molar-refractivity contribution >= 4 is 23.2 Å². The second kappa shape index (κ2) is 7.03. The van der Waals surface area contributed by atoms with Gasteiger partial charge in [0.1, 0.15) is 0 Å². The van der Waals surface area contributed by atoms with Crippen LogP contribution in [0.15, 0.2) is 36.7 Å². The highest BCUT2D eigenvalue weighted by atomic mass is 35.5. The van der Waals surface area contributed by atoms with Gasteiger partial charge in [0.15, 0.2) is 0 Å². The standard InChI is InChI=1S/C18H18ClN5O/c1-11-12(2)23-24(13(11)3)18-20-9-16(10-21-18)22-17(25)8-14-4-6-15(19)7-5-14/h4-7,9-10H,8H2,1-3H3,(H,22,25). The fourth-order valence-electron chi connectivity index (χ4n) is 2.40. The number of benzene rings is 1. The minimum absolute atomic E-state index is 0.138. The number of carbonyl (C=O) groups is 1. The van der Waals surface area contributed by atoms with Gasteiger partial charge in [0, 0.05) is 10.7 Å². The molecule has 2 heterocycles. The number of aromatic nitrogens is 4. The molecule has 2 aromatic heterocycles. The molecule has 0 atom stereocenters. The van der Waals surface area contributed by atoms with Crippen molar-refractivity contribution in [3.8, 4) is 5.95 Å². The number of nitrogens with one attached hydrogen (secondary N) is 1. The topological polar surface area (TPSA) is 72.7 Å². The number of aryl methyl sites for hydroxylation is 1. The van der Waals surface area contributed by atoms with Crippen molar-refractivity contribution in [3.63, 3.8) is 0 Å². The molecular formula is C18H18ClN5O. The van der Waals surface area contributed by atoms with Crippen molar-refractivity contribution in [2.24, 2.45) is 0 Å². The summed E-state index contributed by atoms with van der Waals surface area (Å²) in [7, 11) is 0. The number of anilines is 1. The molecule has 3 aromatic rings. The third-order valence-electron chi connectivity index (χ3n) is 4.04. The van der Waals surface area contributed by atoms with Gasteiger partial charge in [-0.15, -0.1) is 0 Å². The SMILES string of the molecule is Cc1nn(-c2ncc(NC(=O)Cc3ccc(Cl)cc3)cn2)c(C)c1C. The number of carbonyl (C=O) groups excluding carboxylic acids is 1. The van der Waals surface area contributed by atoms with Crippen LogP contribution in [0, 0.1) is 20.8 Å². The molecular weight excluding hydrogens is 338 g/mol. The van der Waals surface area contributed by atoms with Gasteiger partial charge in [-0.05, 0) is 44.0 Å². The van der Waals surface area contributed by atoms with Crippen LogP contribution in [0.2, 0.25) is 5.02 Å². The summed E-state index contributed by atoms with van der Waals surface area (Å²) < 4.78 is 1.70. The van der Waals surface area contributed by atoms with Crippen molar-refractivity contribution < 1.29 is 4.79 Å². The van der Waals surface area contributed by atoms with Crippen LogP contribution in [0.5, 0.6) is 0 Å². The molecule has 3 rings (SSSR count). The monoisotopic (exact) mass is 355 g/mol. The van der Waals surface area contributed by atoms with Gasteiger partial charge in [-0.3, -0.25) is 4.79 Å². The number of hydrogen-bond acceptors (Lipinski definition) is 4. The molecule has 0 radical (unpaired) electrons. The van der Waals surface area contributed by atoms with Crippen molar-refractivity contribution in [2.75, 3.05) is 5.32 Å². The summed E-state index contributed by atoms with van der Waals surface area (Å²) in [6.07, 6.45) is 3.41. The highest BCUT2D eigenvalue weighted by Gasteiger charge is 2.11. The van der Waals surface area contributed by atoms with E-state index in [1.54, 1.807) is 29.2 Å². The van der Waals surface area contributed by atoms with Gasteiger partial charge in [0.25, 0.3) is 5.95 Å². The van der Waals surface area contributed by atoms with Crippen molar-refractivity contribution in [2.45, 2.75) is 27.2 Å². The summed E-state index contributed by atoms with van der Waals surface area (Å²) in [6, 6.07) is 7.18. The molecule has 128 valence electrons. The van der Waals surface area contributed by atoms with Gasteiger partial charge in [-0.25, -0.2) is 14.6 Å². The maximum absolute atomic E-state index is 12.1. The molecule has 1 amide bonds. The molecule has 0 unspecified atom stereocenters. The summed E-state index contributed by atoms with van der Waals surface area (Å²) >= 11 is 5.84. The molecule has 0 aliphatic rings. The molecule has 6 nitrogen and oxygen atoms in total. The first-order valence-electron chi connectivity index (χ1n) is 7.83. The molecule has 0 spiro atoms. The Morgan fingerprint density at radius 1 is 1.12 bits per heavy atom. The number of hydrogen-bond donors (Lipinski definition) is 1. The minimum Gasteiger partial charge on any atom is -0.323 e. The summed E-state index contributed by atoms with van der Waals surface area (Å²) in [5.41, 5.74) is 4.49. The van der Waals surface area contributed by atoms with Crippen LogP contribution in [-0.4, -0.2) is 25.7 Å². The van der Waals surface area contributed by atoms with Crippen LogP contribution < -0.4 is 5.32 Å². The minimum atomic E-state index is -0.138. The smallest absolute Gasteiger partial charge is 0.250 e. The maximum atomic E-state index is 12.1. The van der Waals surface area contributed by atoms with Gasteiger partial charge in [-0.1, -0.05) is 23.7 Å². The molecule has 25 heavy (non-hydrogen) atoms. The van der Waals surface area contributed by atoms with E-state index >= 15 is 0 Å². The third-order valence-corrected chi connectivity index (χ3v) is 4.29. The molecule has 0 bridgehead atoms. The van der Waals surface area contributed by atoms with Gasteiger partial charge in [0.05, 0.1) is 30.2 Å². The molecule has 0 aliphatic heterocycles. The second-order valence-electron chi connectivity index (χ2n) is 5.83. The van der Waals surface area contributed by atoms with Gasteiger partial charge < -0.3 is 5.32 Å². The van der Waals surface area contributed by atoms with Crippen molar-refractivity contribution in [3.05, 3.63) is 64.2 Å². The van der Waals surface area contributed by atoms with E-state index in [1.165, 1.54) is 0 Å². The summed E-state index contributed by atoms with van der Waals surface area (Å²) in [5, 5.41) is 7.86. The lowest BCUT2D eigenvalue weighted by atomic mass is 10.1. The maximum Gasteiger partial charge on any atom is 0.250 e. The Labute approximate surface area is 150 Å². The lowest BCUT2D eigenvalue weighted by molar-refractivity contribution is -0.115. The normalized spacial score (nSPS) is 10.7. The van der Waals surface area contributed by atoms with Crippen molar-refractivity contribution in [1.29, 1.82) is 0 Å². The first-order valence-corrected chi connectivity index (χ1v) is 8.21. The molecule has 1 N–H and O–H groups in total. The average molecular weight is 356 g/mol. The molecule has 1 aromatic carbocycles. The highest BCUT2D eigenvalue weighted by molar-refractivity contribution is 6.30. The van der Waals surface area contributed by atoms with Gasteiger partial charge in [0.2, 0.25) is 5.91 Å². The van der Waals surface area contributed by atoms with Gasteiger partial charge in [-0.2, -0.15) is 5.10 Å². The van der Waals surface area contributed by atoms with E-state index in [1.807, 2.05) is 32.9 Å². The van der Waals surface area contributed by atoms with Crippen LogP contribution in [0.25, 0.3) is 5.95 Å². The van der Waals surface area contributed by atoms with E-state index < -0.39 is 0 Å². The van der Waals surface area contributed by atoms with Crippen LogP contribution in [0.3, 0.4) is 0 Å².